The lowest BCUT2D eigenvalue weighted by atomic mass is 10.2. The standard InChI is InChI=1S/C9H20N2O2/c1-5-10-8(6-9(12)13)7-11(2,3)4/h8,10H,5-7H2,1-4H3/p+1/t8-/m0/s1. The molecule has 0 amide bonds. The molecule has 0 aromatic rings. The van der Waals surface area contributed by atoms with Crippen LogP contribution in [0.25, 0.3) is 0 Å². The first kappa shape index (κ1) is 12.4. The number of rotatable bonds is 6. The third kappa shape index (κ3) is 7.74. The molecule has 0 fully saturated rings. The molecule has 0 saturated heterocycles. The highest BCUT2D eigenvalue weighted by atomic mass is 16.4. The SMILES string of the molecule is CCN[C@@H](CC(=O)O)C[N+](C)(C)C. The Morgan fingerprint density at radius 1 is 1.46 bits per heavy atom. The van der Waals surface area contributed by atoms with Gasteiger partial charge >= 0.3 is 5.97 Å². The first-order chi connectivity index (χ1) is 5.85. The Bertz CT molecular complexity index is 163. The summed E-state index contributed by atoms with van der Waals surface area (Å²) in [4.78, 5) is 10.5. The highest BCUT2D eigenvalue weighted by Gasteiger charge is 2.19. The summed E-state index contributed by atoms with van der Waals surface area (Å²) < 4.78 is 0.783. The zero-order valence-electron chi connectivity index (χ0n) is 9.00. The average molecular weight is 189 g/mol. The molecule has 0 aliphatic heterocycles. The van der Waals surface area contributed by atoms with Crippen LogP contribution in [0.1, 0.15) is 13.3 Å². The first-order valence-electron chi connectivity index (χ1n) is 4.60. The molecule has 0 aliphatic rings. The third-order valence-corrected chi connectivity index (χ3v) is 1.68. The summed E-state index contributed by atoms with van der Waals surface area (Å²) >= 11 is 0. The maximum atomic E-state index is 10.5. The van der Waals surface area contributed by atoms with E-state index in [2.05, 4.69) is 26.5 Å². The van der Waals surface area contributed by atoms with Crippen LogP contribution in [-0.2, 0) is 4.79 Å². The lowest BCUT2D eigenvalue weighted by Gasteiger charge is -2.28. The molecule has 0 rings (SSSR count). The van der Waals surface area contributed by atoms with Gasteiger partial charge in [-0.2, -0.15) is 0 Å². The minimum Gasteiger partial charge on any atom is -0.481 e. The third-order valence-electron chi connectivity index (χ3n) is 1.68. The van der Waals surface area contributed by atoms with Crippen molar-refractivity contribution in [2.45, 2.75) is 19.4 Å². The number of hydrogen-bond acceptors (Lipinski definition) is 2. The minimum atomic E-state index is -0.737. The van der Waals surface area contributed by atoms with Gasteiger partial charge in [0.25, 0.3) is 0 Å². The number of carboxylic acid groups (broad SMARTS) is 1. The summed E-state index contributed by atoms with van der Waals surface area (Å²) in [6.07, 6.45) is 0.198. The van der Waals surface area contributed by atoms with E-state index >= 15 is 0 Å². The van der Waals surface area contributed by atoms with Crippen LogP contribution in [0.5, 0.6) is 0 Å². The predicted molar refractivity (Wildman–Crippen MR) is 52.6 cm³/mol. The molecule has 1 atom stereocenters. The fraction of sp³-hybridized carbons (Fsp3) is 0.889. The molecule has 0 unspecified atom stereocenters. The van der Waals surface area contributed by atoms with Crippen molar-refractivity contribution in [2.75, 3.05) is 34.2 Å². The lowest BCUT2D eigenvalue weighted by Crippen LogP contribution is -2.47. The second-order valence-electron chi connectivity index (χ2n) is 4.33. The zero-order chi connectivity index (χ0) is 10.5. The number of nitrogens with one attached hydrogen (secondary N) is 1. The number of nitrogens with zero attached hydrogens (tertiary/aromatic N) is 1. The Morgan fingerprint density at radius 2 is 2.00 bits per heavy atom. The Balaban J connectivity index is 4.01. The Hall–Kier alpha value is -0.610. The van der Waals surface area contributed by atoms with E-state index in [4.69, 9.17) is 5.11 Å². The van der Waals surface area contributed by atoms with Crippen molar-refractivity contribution < 1.29 is 14.4 Å². The molecule has 78 valence electrons. The van der Waals surface area contributed by atoms with E-state index in [9.17, 15) is 4.79 Å². The van der Waals surface area contributed by atoms with E-state index in [0.29, 0.717) is 0 Å². The minimum absolute atomic E-state index is 0.0718. The highest BCUT2D eigenvalue weighted by molar-refractivity contribution is 5.67. The molecule has 0 heterocycles. The van der Waals surface area contributed by atoms with Gasteiger partial charge in [0.05, 0.1) is 40.2 Å². The molecule has 0 bridgehead atoms. The summed E-state index contributed by atoms with van der Waals surface area (Å²) in [5, 5.41) is 11.8. The summed E-state index contributed by atoms with van der Waals surface area (Å²) in [7, 11) is 6.19. The first-order valence-corrected chi connectivity index (χ1v) is 4.60. The largest absolute Gasteiger partial charge is 0.481 e. The fourth-order valence-corrected chi connectivity index (χ4v) is 1.36. The van der Waals surface area contributed by atoms with Crippen molar-refractivity contribution in [1.29, 1.82) is 0 Å². The molecule has 0 aliphatic carbocycles. The van der Waals surface area contributed by atoms with E-state index in [1.807, 2.05) is 6.92 Å². The molecular formula is C9H21N2O2+. The number of hydrogen-bond donors (Lipinski definition) is 2. The number of likely N-dealkylation sites (N-methyl/N-ethyl adjacent to an activating group) is 2. The van der Waals surface area contributed by atoms with Crippen LogP contribution in [0.2, 0.25) is 0 Å². The van der Waals surface area contributed by atoms with Gasteiger partial charge in [0, 0.05) is 0 Å². The number of carbonyl (C=O) groups is 1. The normalized spacial score (nSPS) is 14.2. The summed E-state index contributed by atoms with van der Waals surface area (Å²) in [6.45, 7) is 3.64. The molecule has 13 heavy (non-hydrogen) atoms. The van der Waals surface area contributed by atoms with Crippen LogP contribution in [0, 0.1) is 0 Å². The van der Waals surface area contributed by atoms with Crippen LogP contribution in [0.3, 0.4) is 0 Å². The average Bonchev–Trinajstić information content (AvgIpc) is 1.81. The predicted octanol–water partition coefficient (Wildman–Crippen LogP) is 0.145. The smallest absolute Gasteiger partial charge is 0.305 e. The monoisotopic (exact) mass is 189 g/mol. The van der Waals surface area contributed by atoms with Crippen LogP contribution in [0.4, 0.5) is 0 Å². The molecular weight excluding hydrogens is 168 g/mol. The van der Waals surface area contributed by atoms with E-state index < -0.39 is 5.97 Å². The van der Waals surface area contributed by atoms with Crippen LogP contribution >= 0.6 is 0 Å². The van der Waals surface area contributed by atoms with E-state index in [0.717, 1.165) is 17.6 Å². The fourth-order valence-electron chi connectivity index (χ4n) is 1.36. The Labute approximate surface area is 80.1 Å². The summed E-state index contributed by atoms with van der Waals surface area (Å²) in [5.74, 6) is -0.737. The number of aliphatic carboxylic acids is 1. The topological polar surface area (TPSA) is 49.3 Å². The van der Waals surface area contributed by atoms with Crippen molar-refractivity contribution in [3.63, 3.8) is 0 Å². The summed E-state index contributed by atoms with van der Waals surface area (Å²) in [5.41, 5.74) is 0. The van der Waals surface area contributed by atoms with E-state index in [1.54, 1.807) is 0 Å². The number of carboxylic acids is 1. The van der Waals surface area contributed by atoms with Crippen molar-refractivity contribution in [3.05, 3.63) is 0 Å². The van der Waals surface area contributed by atoms with Gasteiger partial charge in [-0.15, -0.1) is 0 Å². The van der Waals surface area contributed by atoms with Gasteiger partial charge in [-0.25, -0.2) is 0 Å². The van der Waals surface area contributed by atoms with Crippen LogP contribution in [-0.4, -0.2) is 55.8 Å². The van der Waals surface area contributed by atoms with Crippen LogP contribution in [0.15, 0.2) is 0 Å². The van der Waals surface area contributed by atoms with Crippen LogP contribution < -0.4 is 5.32 Å². The second kappa shape index (κ2) is 5.19. The molecule has 0 spiro atoms. The molecule has 0 aromatic heterocycles. The van der Waals surface area contributed by atoms with Gasteiger partial charge in [0.2, 0.25) is 0 Å². The maximum absolute atomic E-state index is 10.5. The lowest BCUT2D eigenvalue weighted by molar-refractivity contribution is -0.871. The zero-order valence-corrected chi connectivity index (χ0v) is 9.00. The van der Waals surface area contributed by atoms with Gasteiger partial charge in [-0.1, -0.05) is 6.92 Å². The van der Waals surface area contributed by atoms with Gasteiger partial charge in [0.15, 0.2) is 0 Å². The van der Waals surface area contributed by atoms with Crippen molar-refractivity contribution >= 4 is 5.97 Å². The molecule has 0 radical (unpaired) electrons. The molecule has 0 saturated carbocycles. The van der Waals surface area contributed by atoms with E-state index in [-0.39, 0.29) is 12.5 Å². The molecule has 4 nitrogen and oxygen atoms in total. The van der Waals surface area contributed by atoms with Crippen molar-refractivity contribution in [2.24, 2.45) is 0 Å². The number of quaternary nitrogens is 1. The Morgan fingerprint density at radius 3 is 2.31 bits per heavy atom. The van der Waals surface area contributed by atoms with Gasteiger partial charge in [-0.05, 0) is 6.54 Å². The van der Waals surface area contributed by atoms with Gasteiger partial charge in [-0.3, -0.25) is 4.79 Å². The maximum Gasteiger partial charge on any atom is 0.305 e. The van der Waals surface area contributed by atoms with Gasteiger partial charge < -0.3 is 14.9 Å². The second-order valence-corrected chi connectivity index (χ2v) is 4.33. The van der Waals surface area contributed by atoms with Crippen molar-refractivity contribution in [3.8, 4) is 0 Å². The quantitative estimate of drug-likeness (QED) is 0.585. The van der Waals surface area contributed by atoms with Crippen molar-refractivity contribution in [1.82, 2.24) is 5.32 Å². The van der Waals surface area contributed by atoms with Gasteiger partial charge in [0.1, 0.15) is 0 Å². The van der Waals surface area contributed by atoms with E-state index in [1.165, 1.54) is 0 Å². The molecule has 0 aromatic carbocycles. The highest BCUT2D eigenvalue weighted by Crippen LogP contribution is 1.99. The molecule has 2 N–H and O–H groups in total. The molecule has 4 heteroatoms. The summed E-state index contributed by atoms with van der Waals surface area (Å²) in [6, 6.07) is 0.0718. The Kier molecular flexibility index (Phi) is 4.95.